The molecule has 138 valence electrons. The van der Waals surface area contributed by atoms with Crippen molar-refractivity contribution < 1.29 is 13.9 Å². The van der Waals surface area contributed by atoms with E-state index >= 15 is 0 Å². The van der Waals surface area contributed by atoms with Crippen molar-refractivity contribution in [3.63, 3.8) is 0 Å². The lowest BCUT2D eigenvalue weighted by molar-refractivity contribution is -0.158. The molecule has 1 aliphatic heterocycles. The van der Waals surface area contributed by atoms with Crippen LogP contribution in [0.5, 0.6) is 0 Å². The Bertz CT molecular complexity index is 827. The fraction of sp³-hybridized carbons (Fsp3) is 0.500. The van der Waals surface area contributed by atoms with Crippen LogP contribution in [0.4, 0.5) is 10.1 Å². The molecule has 1 aliphatic carbocycles. The van der Waals surface area contributed by atoms with E-state index in [2.05, 4.69) is 15.2 Å². The van der Waals surface area contributed by atoms with Crippen molar-refractivity contribution in [3.05, 3.63) is 36.3 Å². The molecular formula is C20H24FN3O2. The number of hydrogen-bond acceptors (Lipinski definition) is 5. The van der Waals surface area contributed by atoms with Gasteiger partial charge in [-0.1, -0.05) is 0 Å². The molecule has 2 aromatic rings. The fourth-order valence-corrected chi connectivity index (χ4v) is 4.31. The summed E-state index contributed by atoms with van der Waals surface area (Å²) in [7, 11) is 0. The van der Waals surface area contributed by atoms with E-state index in [1.54, 1.807) is 12.3 Å². The first-order valence-electron chi connectivity index (χ1n) is 9.21. The van der Waals surface area contributed by atoms with Crippen LogP contribution >= 0.6 is 0 Å². The van der Waals surface area contributed by atoms with Crippen molar-refractivity contribution in [2.24, 2.45) is 5.41 Å². The maximum Gasteiger partial charge on any atom is 0.323 e. The molecule has 1 aromatic heterocycles. The second-order valence-corrected chi connectivity index (χ2v) is 7.60. The summed E-state index contributed by atoms with van der Waals surface area (Å²) in [5.74, 6) is -0.386. The number of aromatic nitrogens is 1. The summed E-state index contributed by atoms with van der Waals surface area (Å²) in [6.07, 6.45) is 3.89. The van der Waals surface area contributed by atoms with Gasteiger partial charge in [-0.25, -0.2) is 4.39 Å². The summed E-state index contributed by atoms with van der Waals surface area (Å²) in [4.78, 5) is 18.3. The molecule has 1 spiro atoms. The van der Waals surface area contributed by atoms with E-state index in [9.17, 15) is 9.18 Å². The van der Waals surface area contributed by atoms with E-state index < -0.39 is 0 Å². The van der Waals surface area contributed by atoms with E-state index in [0.717, 1.165) is 42.5 Å². The summed E-state index contributed by atoms with van der Waals surface area (Å²) in [5.41, 5.74) is 2.04. The molecule has 1 saturated heterocycles. The van der Waals surface area contributed by atoms with Crippen LogP contribution in [0, 0.1) is 11.2 Å². The van der Waals surface area contributed by atoms with Crippen LogP contribution in [-0.2, 0) is 9.53 Å². The smallest absolute Gasteiger partial charge is 0.323 e. The third-order valence-corrected chi connectivity index (χ3v) is 5.67. The standard InChI is InChI=1S/C20H24FN3O2/c1-3-26-19(25)13(2)24-11-20(12-24)9-15(10-20)23-18-6-7-22-17-5-4-14(21)8-16(17)18/h4-8,13,15H,3,9-12H2,1-2H3,(H,22,23). The van der Waals surface area contributed by atoms with E-state index in [4.69, 9.17) is 4.74 Å². The van der Waals surface area contributed by atoms with Gasteiger partial charge in [-0.15, -0.1) is 0 Å². The molecule has 1 saturated carbocycles. The largest absolute Gasteiger partial charge is 0.465 e. The summed E-state index contributed by atoms with van der Waals surface area (Å²) < 4.78 is 18.7. The van der Waals surface area contributed by atoms with Crippen LogP contribution in [0.25, 0.3) is 10.9 Å². The number of nitrogens with zero attached hydrogens (tertiary/aromatic N) is 2. The monoisotopic (exact) mass is 357 g/mol. The molecule has 6 heteroatoms. The average Bonchev–Trinajstić information content (AvgIpc) is 2.55. The Morgan fingerprint density at radius 1 is 1.42 bits per heavy atom. The van der Waals surface area contributed by atoms with E-state index in [0.29, 0.717) is 18.1 Å². The van der Waals surface area contributed by atoms with Gasteiger partial charge in [0.15, 0.2) is 0 Å². The Balaban J connectivity index is 1.34. The van der Waals surface area contributed by atoms with Crippen LogP contribution in [0.15, 0.2) is 30.5 Å². The second-order valence-electron chi connectivity index (χ2n) is 7.60. The van der Waals surface area contributed by atoms with Gasteiger partial charge in [0.1, 0.15) is 11.9 Å². The number of benzene rings is 1. The summed E-state index contributed by atoms with van der Waals surface area (Å²) in [5, 5.41) is 4.36. The molecule has 0 bridgehead atoms. The van der Waals surface area contributed by atoms with Crippen molar-refractivity contribution in [1.29, 1.82) is 0 Å². The fourth-order valence-electron chi connectivity index (χ4n) is 4.31. The molecule has 0 radical (unpaired) electrons. The van der Waals surface area contributed by atoms with Crippen molar-refractivity contribution in [2.75, 3.05) is 25.0 Å². The number of rotatable bonds is 5. The lowest BCUT2D eigenvalue weighted by atomic mass is 9.60. The second kappa shape index (κ2) is 6.50. The zero-order valence-electron chi connectivity index (χ0n) is 15.2. The van der Waals surface area contributed by atoms with Gasteiger partial charge in [-0.3, -0.25) is 14.7 Å². The Morgan fingerprint density at radius 3 is 2.92 bits per heavy atom. The zero-order chi connectivity index (χ0) is 18.3. The highest BCUT2D eigenvalue weighted by molar-refractivity contribution is 5.91. The molecule has 1 atom stereocenters. The molecule has 0 amide bonds. The lowest BCUT2D eigenvalue weighted by Crippen LogP contribution is -2.67. The quantitative estimate of drug-likeness (QED) is 0.833. The SMILES string of the molecule is CCOC(=O)C(C)N1CC2(CC(Nc3ccnc4ccc(F)cc34)C2)C1. The van der Waals surface area contributed by atoms with Crippen molar-refractivity contribution in [3.8, 4) is 0 Å². The maximum absolute atomic E-state index is 13.6. The number of carbonyl (C=O) groups excluding carboxylic acids is 1. The number of hydrogen-bond donors (Lipinski definition) is 1. The molecule has 1 unspecified atom stereocenters. The van der Waals surface area contributed by atoms with Gasteiger partial charge in [0.05, 0.1) is 12.1 Å². The Labute approximate surface area is 152 Å². The molecule has 5 nitrogen and oxygen atoms in total. The Hall–Kier alpha value is -2.21. The van der Waals surface area contributed by atoms with Crippen LogP contribution < -0.4 is 5.32 Å². The van der Waals surface area contributed by atoms with Gasteiger partial charge in [-0.2, -0.15) is 0 Å². The number of ether oxygens (including phenoxy) is 1. The number of anilines is 1. The molecule has 1 aromatic carbocycles. The first kappa shape index (κ1) is 17.2. The minimum atomic E-state index is -0.249. The number of carbonyl (C=O) groups is 1. The topological polar surface area (TPSA) is 54.5 Å². The van der Waals surface area contributed by atoms with E-state index in [1.165, 1.54) is 12.1 Å². The van der Waals surface area contributed by atoms with Crippen LogP contribution in [0.1, 0.15) is 26.7 Å². The maximum atomic E-state index is 13.6. The zero-order valence-corrected chi connectivity index (χ0v) is 15.2. The van der Waals surface area contributed by atoms with Gasteiger partial charge >= 0.3 is 5.97 Å². The number of fused-ring (bicyclic) bond motifs is 1. The van der Waals surface area contributed by atoms with E-state index in [1.807, 2.05) is 19.9 Å². The molecular weight excluding hydrogens is 333 g/mol. The lowest BCUT2D eigenvalue weighted by Gasteiger charge is -2.60. The van der Waals surface area contributed by atoms with Gasteiger partial charge < -0.3 is 10.1 Å². The van der Waals surface area contributed by atoms with Crippen LogP contribution in [-0.4, -0.2) is 47.6 Å². The summed E-state index contributed by atoms with van der Waals surface area (Å²) in [6.45, 7) is 6.05. The number of likely N-dealkylation sites (tertiary alicyclic amines) is 1. The molecule has 2 aliphatic rings. The number of halogens is 1. The van der Waals surface area contributed by atoms with E-state index in [-0.39, 0.29) is 17.8 Å². The van der Waals surface area contributed by atoms with Gasteiger partial charge in [0, 0.05) is 36.4 Å². The minimum absolute atomic E-state index is 0.137. The molecule has 2 heterocycles. The molecule has 1 N–H and O–H groups in total. The molecule has 4 rings (SSSR count). The highest BCUT2D eigenvalue weighted by Crippen LogP contribution is 2.50. The number of esters is 1. The van der Waals surface area contributed by atoms with Crippen molar-refractivity contribution >= 4 is 22.6 Å². The van der Waals surface area contributed by atoms with Gasteiger partial charge in [0.25, 0.3) is 0 Å². The predicted molar refractivity (Wildman–Crippen MR) is 98.4 cm³/mol. The van der Waals surface area contributed by atoms with Crippen molar-refractivity contribution in [2.45, 2.75) is 38.8 Å². The number of nitrogens with one attached hydrogen (secondary N) is 1. The highest BCUT2D eigenvalue weighted by Gasteiger charge is 2.54. The highest BCUT2D eigenvalue weighted by atomic mass is 19.1. The first-order chi connectivity index (χ1) is 12.5. The normalized spacial score (nSPS) is 20.4. The molecule has 26 heavy (non-hydrogen) atoms. The third-order valence-electron chi connectivity index (χ3n) is 5.67. The van der Waals surface area contributed by atoms with Gasteiger partial charge in [-0.05, 0) is 56.4 Å². The predicted octanol–water partition coefficient (Wildman–Crippen LogP) is 3.20. The first-order valence-corrected chi connectivity index (χ1v) is 9.21. The van der Waals surface area contributed by atoms with Crippen molar-refractivity contribution in [1.82, 2.24) is 9.88 Å². The average molecular weight is 357 g/mol. The minimum Gasteiger partial charge on any atom is -0.465 e. The summed E-state index contributed by atoms with van der Waals surface area (Å²) in [6, 6.07) is 6.79. The molecule has 2 fully saturated rings. The van der Waals surface area contributed by atoms with Crippen LogP contribution in [0.2, 0.25) is 0 Å². The van der Waals surface area contributed by atoms with Crippen LogP contribution in [0.3, 0.4) is 0 Å². The summed E-state index contributed by atoms with van der Waals surface area (Å²) >= 11 is 0. The Kier molecular flexibility index (Phi) is 4.31. The third kappa shape index (κ3) is 3.03. The Morgan fingerprint density at radius 2 is 2.19 bits per heavy atom. The number of pyridine rings is 1. The van der Waals surface area contributed by atoms with Gasteiger partial charge in [0.2, 0.25) is 0 Å².